The first-order chi connectivity index (χ1) is 20.0. The van der Waals surface area contributed by atoms with Gasteiger partial charge in [0.1, 0.15) is 0 Å². The molecule has 0 aliphatic heterocycles. The monoisotopic (exact) mass is 626 g/mol. The summed E-state index contributed by atoms with van der Waals surface area (Å²) in [6.45, 7) is 15.9. The average Bonchev–Trinajstić information content (AvgIpc) is 3.68. The molecule has 0 aliphatic carbocycles. The number of benzene rings is 4. The van der Waals surface area contributed by atoms with Crippen LogP contribution in [0.1, 0.15) is 76.3 Å². The predicted molar refractivity (Wildman–Crippen MR) is 182 cm³/mol. The van der Waals surface area contributed by atoms with Gasteiger partial charge in [-0.15, -0.1) is 39.7 Å². The first-order valence-electron chi connectivity index (χ1n) is 15.0. The fraction of sp³-hybridized carbons (Fsp3) is 0.244. The molecule has 1 heteroatoms. The summed E-state index contributed by atoms with van der Waals surface area (Å²) in [5.41, 5.74) is 7.29. The van der Waals surface area contributed by atoms with Gasteiger partial charge in [-0.05, 0) is 10.8 Å². The fourth-order valence-corrected chi connectivity index (χ4v) is 5.75. The normalized spacial score (nSPS) is 11.5. The Hall–Kier alpha value is -3.15. The van der Waals surface area contributed by atoms with Gasteiger partial charge in [-0.3, -0.25) is 0 Å². The van der Waals surface area contributed by atoms with Gasteiger partial charge in [0.2, 0.25) is 0 Å². The van der Waals surface area contributed by atoms with Crippen LogP contribution in [0.4, 0.5) is 0 Å². The van der Waals surface area contributed by atoms with Gasteiger partial charge in [-0.1, -0.05) is 76.9 Å². The molecule has 0 radical (unpaired) electrons. The van der Waals surface area contributed by atoms with Crippen molar-refractivity contribution >= 4 is 24.8 Å². The van der Waals surface area contributed by atoms with E-state index in [1.807, 2.05) is 30.3 Å². The van der Waals surface area contributed by atoms with Crippen molar-refractivity contribution in [2.45, 2.75) is 65.7 Å². The largest absolute Gasteiger partial charge is 0.214 e. The predicted octanol–water partition coefficient (Wildman–Crippen LogP) is 11.1. The molecule has 42 heavy (non-hydrogen) atoms. The van der Waals surface area contributed by atoms with Crippen molar-refractivity contribution in [3.8, 4) is 0 Å². The van der Waals surface area contributed by atoms with E-state index in [-0.39, 0.29) is 10.8 Å². The van der Waals surface area contributed by atoms with Gasteiger partial charge in [-0.2, -0.15) is 18.2 Å². The van der Waals surface area contributed by atoms with Gasteiger partial charge in [0, 0.05) is 0 Å². The Balaban J connectivity index is 0.000000170. The summed E-state index contributed by atoms with van der Waals surface area (Å²) in [7, 11) is 0. The summed E-state index contributed by atoms with van der Waals surface area (Å²) in [5, 5.41) is 5.49. The van der Waals surface area contributed by atoms with Crippen LogP contribution in [0.15, 0.2) is 127 Å². The Labute approximate surface area is 268 Å². The van der Waals surface area contributed by atoms with E-state index < -0.39 is 0 Å². The van der Waals surface area contributed by atoms with Gasteiger partial charge < -0.3 is 0 Å². The molecule has 0 aliphatic rings. The second-order valence-electron chi connectivity index (χ2n) is 13.0. The van der Waals surface area contributed by atoms with E-state index in [1.165, 1.54) is 76.8 Å². The van der Waals surface area contributed by atoms with Crippen LogP contribution >= 0.6 is 0 Å². The summed E-state index contributed by atoms with van der Waals surface area (Å²) in [6.07, 6.45) is 1.11. The molecule has 6 aromatic rings. The molecule has 0 spiro atoms. The molecule has 0 saturated carbocycles. The van der Waals surface area contributed by atoms with Gasteiger partial charge in [0.25, 0.3) is 0 Å². The molecule has 0 unspecified atom stereocenters. The van der Waals surface area contributed by atoms with Crippen LogP contribution in [0, 0.1) is 0 Å². The second kappa shape index (κ2) is 13.9. The van der Waals surface area contributed by atoms with Crippen molar-refractivity contribution in [3.05, 3.63) is 155 Å². The maximum Gasteiger partial charge on any atom is -0.172 e. The molecule has 0 N–H and O–H groups in total. The van der Waals surface area contributed by atoms with Crippen LogP contribution < -0.4 is 0 Å². The molecular weight excluding hydrogens is 584 g/mol. The summed E-state index contributed by atoms with van der Waals surface area (Å²) in [5.74, 6) is 0. The summed E-state index contributed by atoms with van der Waals surface area (Å²) >= 11 is 1.47. The maximum atomic E-state index is 2.38. The van der Waals surface area contributed by atoms with Crippen LogP contribution in [-0.2, 0) is 41.5 Å². The summed E-state index contributed by atoms with van der Waals surface area (Å²) < 4.78 is 1.43. The standard InChI is InChI=1S/C21H25.C15H14.C5H5.Zr/c1-20(2,3)16-9-7-14-11-15-8-10-17(21(4,5)6)13-19(15)18(14)12-16;1-2-13-8-10-15(11-9-13)12-14-6-4-3-5-7-14;1-2-4-5-3-1;/h7-13H,1-6H3;3-11H,2H2,1H3;1-5H;/q-1;;-1;+2. The van der Waals surface area contributed by atoms with Crippen LogP contribution in [0.25, 0.3) is 21.5 Å². The van der Waals surface area contributed by atoms with E-state index >= 15 is 0 Å². The molecular formula is C41H44Zr. The Kier molecular flexibility index (Phi) is 10.5. The van der Waals surface area contributed by atoms with E-state index in [0.717, 1.165) is 6.42 Å². The van der Waals surface area contributed by atoms with Gasteiger partial charge in [0.05, 0.1) is 0 Å². The van der Waals surface area contributed by atoms with E-state index in [0.29, 0.717) is 0 Å². The fourth-order valence-electron chi connectivity index (χ4n) is 4.93. The maximum absolute atomic E-state index is 2.38. The second-order valence-corrected chi connectivity index (χ2v) is 14.2. The SMILES string of the molecule is CC(C)(C)c1ccc2[cH-]c3ccc(C(C)(C)C)cc3c2c1.CCc1ccc([C](=[Zr+2])c2ccccc2)cc1.c1cc[cH-]c1. The van der Waals surface area contributed by atoms with E-state index in [1.54, 1.807) is 0 Å². The average molecular weight is 628 g/mol. The zero-order valence-corrected chi connectivity index (χ0v) is 28.8. The molecule has 0 nitrogen and oxygen atoms in total. The van der Waals surface area contributed by atoms with E-state index in [2.05, 4.69) is 146 Å². The van der Waals surface area contributed by atoms with Crippen LogP contribution in [0.3, 0.4) is 0 Å². The molecule has 0 heterocycles. The molecule has 0 amide bonds. The summed E-state index contributed by atoms with van der Waals surface area (Å²) in [6, 6.07) is 45.7. The Morgan fingerprint density at radius 2 is 1.07 bits per heavy atom. The quantitative estimate of drug-likeness (QED) is 0.171. The van der Waals surface area contributed by atoms with Gasteiger partial charge in [-0.25, -0.2) is 12.1 Å². The topological polar surface area (TPSA) is 0 Å². The third-order valence-corrected chi connectivity index (χ3v) is 9.13. The zero-order valence-electron chi connectivity index (χ0n) is 26.3. The van der Waals surface area contributed by atoms with Crippen LogP contribution in [0.5, 0.6) is 0 Å². The molecule has 0 saturated heterocycles. The van der Waals surface area contributed by atoms with E-state index in [9.17, 15) is 0 Å². The minimum Gasteiger partial charge on any atom is -0.214 e. The first-order valence-corrected chi connectivity index (χ1v) is 16.2. The smallest absolute Gasteiger partial charge is 0.172 e. The molecule has 6 aromatic carbocycles. The Bertz CT molecular complexity index is 1610. The molecule has 0 aromatic heterocycles. The molecule has 0 bridgehead atoms. The molecule has 0 atom stereocenters. The molecule has 0 fully saturated rings. The van der Waals surface area contributed by atoms with Crippen molar-refractivity contribution in [2.24, 2.45) is 0 Å². The minimum atomic E-state index is 0.194. The Morgan fingerprint density at radius 3 is 1.48 bits per heavy atom. The number of aryl methyl sites for hydroxylation is 1. The van der Waals surface area contributed by atoms with Crippen LogP contribution in [0.2, 0.25) is 0 Å². The van der Waals surface area contributed by atoms with Gasteiger partial charge >= 0.3 is 112 Å². The van der Waals surface area contributed by atoms with Crippen molar-refractivity contribution in [1.82, 2.24) is 0 Å². The zero-order chi connectivity index (χ0) is 30.3. The molecule has 6 rings (SSSR count). The third kappa shape index (κ3) is 8.23. The van der Waals surface area contributed by atoms with Crippen molar-refractivity contribution in [2.75, 3.05) is 0 Å². The van der Waals surface area contributed by atoms with Crippen molar-refractivity contribution in [3.63, 3.8) is 0 Å². The number of fused-ring (bicyclic) bond motifs is 3. The van der Waals surface area contributed by atoms with Crippen molar-refractivity contribution < 1.29 is 24.2 Å². The van der Waals surface area contributed by atoms with Crippen LogP contribution in [-0.4, -0.2) is 3.21 Å². The first kappa shape index (κ1) is 31.8. The number of hydrogen-bond donors (Lipinski definition) is 0. The third-order valence-electron chi connectivity index (χ3n) is 7.71. The van der Waals surface area contributed by atoms with Gasteiger partial charge in [0.15, 0.2) is 0 Å². The minimum absolute atomic E-state index is 0.194. The summed E-state index contributed by atoms with van der Waals surface area (Å²) in [4.78, 5) is 0. The van der Waals surface area contributed by atoms with E-state index in [4.69, 9.17) is 0 Å². The molecule has 212 valence electrons. The van der Waals surface area contributed by atoms with Crippen molar-refractivity contribution in [1.29, 1.82) is 0 Å². The number of hydrogen-bond acceptors (Lipinski definition) is 0. The Morgan fingerprint density at radius 1 is 0.595 bits per heavy atom. The number of rotatable bonds is 3.